The molecule has 0 radical (unpaired) electrons. The van der Waals surface area contributed by atoms with E-state index in [1.807, 2.05) is 29.0 Å². The normalized spacial score (nSPS) is 21.5. The second kappa shape index (κ2) is 5.66. The number of fused-ring (bicyclic) bond motifs is 1. The van der Waals surface area contributed by atoms with Crippen LogP contribution in [0, 0.1) is 5.92 Å². The molecule has 2 atom stereocenters. The molecule has 22 heavy (non-hydrogen) atoms. The number of aliphatic hydroxyl groups is 1. The van der Waals surface area contributed by atoms with E-state index >= 15 is 0 Å². The molecular weight excluding hydrogens is 298 g/mol. The van der Waals surface area contributed by atoms with Crippen molar-refractivity contribution in [3.63, 3.8) is 0 Å². The van der Waals surface area contributed by atoms with E-state index < -0.39 is 0 Å². The van der Waals surface area contributed by atoms with Crippen LogP contribution in [-0.4, -0.2) is 37.6 Å². The molecule has 0 aliphatic heterocycles. The molecule has 7 heteroatoms. The van der Waals surface area contributed by atoms with Gasteiger partial charge in [-0.1, -0.05) is 0 Å². The van der Waals surface area contributed by atoms with Gasteiger partial charge in [-0.15, -0.1) is 15.3 Å². The number of hydrogen-bond donors (Lipinski definition) is 2. The van der Waals surface area contributed by atoms with Gasteiger partial charge in [-0.25, -0.2) is 0 Å². The van der Waals surface area contributed by atoms with Gasteiger partial charge in [0.25, 0.3) is 0 Å². The number of hydrogen-bond acceptors (Lipinski definition) is 6. The third kappa shape index (κ3) is 2.57. The van der Waals surface area contributed by atoms with Crippen molar-refractivity contribution in [2.24, 2.45) is 5.92 Å². The fourth-order valence-electron chi connectivity index (χ4n) is 2.94. The summed E-state index contributed by atoms with van der Waals surface area (Å²) in [7, 11) is 0. The maximum absolute atomic E-state index is 9.59. The van der Waals surface area contributed by atoms with Gasteiger partial charge in [0.1, 0.15) is 5.82 Å². The third-order valence-corrected chi connectivity index (χ3v) is 4.81. The summed E-state index contributed by atoms with van der Waals surface area (Å²) in [6.45, 7) is 0.839. The number of thiophene rings is 1. The molecule has 1 fully saturated rings. The fourth-order valence-corrected chi connectivity index (χ4v) is 3.57. The van der Waals surface area contributed by atoms with E-state index in [9.17, 15) is 5.11 Å². The second-order valence-electron chi connectivity index (χ2n) is 5.74. The van der Waals surface area contributed by atoms with Crippen LogP contribution >= 0.6 is 11.3 Å². The molecule has 0 aromatic carbocycles. The lowest BCUT2D eigenvalue weighted by atomic mass is 10.1. The van der Waals surface area contributed by atoms with Crippen LogP contribution in [0.3, 0.4) is 0 Å². The van der Waals surface area contributed by atoms with Gasteiger partial charge in [-0.3, -0.25) is 0 Å². The summed E-state index contributed by atoms with van der Waals surface area (Å²) >= 11 is 1.63. The Labute approximate surface area is 131 Å². The van der Waals surface area contributed by atoms with Gasteiger partial charge in [-0.2, -0.15) is 15.9 Å². The zero-order chi connectivity index (χ0) is 14.9. The predicted octanol–water partition coefficient (Wildman–Crippen LogP) is 2.43. The highest BCUT2D eigenvalue weighted by atomic mass is 32.1. The Bertz CT molecular complexity index is 769. The average Bonchev–Trinajstić information content (AvgIpc) is 3.24. The average molecular weight is 315 g/mol. The lowest BCUT2D eigenvalue weighted by Gasteiger charge is -2.11. The first-order valence-corrected chi connectivity index (χ1v) is 8.41. The smallest absolute Gasteiger partial charge is 0.186 e. The van der Waals surface area contributed by atoms with Crippen LogP contribution in [0.2, 0.25) is 0 Å². The number of aromatic nitrogens is 4. The van der Waals surface area contributed by atoms with Crippen molar-refractivity contribution < 1.29 is 5.11 Å². The Hall–Kier alpha value is -1.99. The zero-order valence-electron chi connectivity index (χ0n) is 12.0. The largest absolute Gasteiger partial charge is 0.393 e. The maximum Gasteiger partial charge on any atom is 0.186 e. The SMILES string of the molecule is O[C@@H]1CC[C@@H](CNc2ccc3nnc(-c4ccsc4)n3n2)C1. The number of aliphatic hydroxyl groups excluding tert-OH is 1. The van der Waals surface area contributed by atoms with E-state index in [0.717, 1.165) is 48.7 Å². The maximum atomic E-state index is 9.59. The first-order chi connectivity index (χ1) is 10.8. The Morgan fingerprint density at radius 1 is 1.27 bits per heavy atom. The van der Waals surface area contributed by atoms with Gasteiger partial charge in [0, 0.05) is 17.5 Å². The van der Waals surface area contributed by atoms with Crippen LogP contribution < -0.4 is 5.32 Å². The molecule has 0 saturated heterocycles. The highest BCUT2D eigenvalue weighted by Gasteiger charge is 2.22. The van der Waals surface area contributed by atoms with Crippen LogP contribution in [0.4, 0.5) is 5.82 Å². The van der Waals surface area contributed by atoms with Crippen molar-refractivity contribution in [1.29, 1.82) is 0 Å². The molecule has 0 bridgehead atoms. The van der Waals surface area contributed by atoms with Gasteiger partial charge in [0.05, 0.1) is 6.10 Å². The summed E-state index contributed by atoms with van der Waals surface area (Å²) in [5.41, 5.74) is 1.77. The summed E-state index contributed by atoms with van der Waals surface area (Å²) in [5, 5.41) is 30.0. The van der Waals surface area contributed by atoms with Crippen molar-refractivity contribution in [2.45, 2.75) is 25.4 Å². The third-order valence-electron chi connectivity index (χ3n) is 4.13. The Balaban J connectivity index is 1.56. The van der Waals surface area contributed by atoms with Crippen LogP contribution in [0.5, 0.6) is 0 Å². The van der Waals surface area contributed by atoms with Crippen LogP contribution in [-0.2, 0) is 0 Å². The Kier molecular flexibility index (Phi) is 3.51. The van der Waals surface area contributed by atoms with Crippen LogP contribution in [0.15, 0.2) is 29.0 Å². The van der Waals surface area contributed by atoms with E-state index in [1.165, 1.54) is 0 Å². The Morgan fingerprint density at radius 3 is 3.00 bits per heavy atom. The van der Waals surface area contributed by atoms with Crippen molar-refractivity contribution in [3.05, 3.63) is 29.0 Å². The van der Waals surface area contributed by atoms with Crippen molar-refractivity contribution >= 4 is 22.8 Å². The molecule has 0 unspecified atom stereocenters. The summed E-state index contributed by atoms with van der Waals surface area (Å²) in [6.07, 6.45) is 2.72. The molecule has 0 spiro atoms. The minimum Gasteiger partial charge on any atom is -0.393 e. The predicted molar refractivity (Wildman–Crippen MR) is 85.9 cm³/mol. The lowest BCUT2D eigenvalue weighted by Crippen LogP contribution is -2.14. The van der Waals surface area contributed by atoms with E-state index in [-0.39, 0.29) is 6.10 Å². The molecule has 6 nitrogen and oxygen atoms in total. The number of nitrogens with one attached hydrogen (secondary N) is 1. The minimum atomic E-state index is -0.134. The molecule has 3 aromatic heterocycles. The van der Waals surface area contributed by atoms with Gasteiger partial charge in [-0.05, 0) is 48.8 Å². The minimum absolute atomic E-state index is 0.134. The summed E-state index contributed by atoms with van der Waals surface area (Å²) < 4.78 is 1.77. The van der Waals surface area contributed by atoms with Gasteiger partial charge >= 0.3 is 0 Å². The molecular formula is C15H17N5OS. The first-order valence-electron chi connectivity index (χ1n) is 7.46. The van der Waals surface area contributed by atoms with E-state index in [4.69, 9.17) is 0 Å². The second-order valence-corrected chi connectivity index (χ2v) is 6.52. The van der Waals surface area contributed by atoms with Crippen molar-refractivity contribution in [2.75, 3.05) is 11.9 Å². The topological polar surface area (TPSA) is 75.3 Å². The number of rotatable bonds is 4. The quantitative estimate of drug-likeness (QED) is 0.773. The molecule has 0 amide bonds. The van der Waals surface area contributed by atoms with Gasteiger partial charge in [0.2, 0.25) is 0 Å². The summed E-state index contributed by atoms with van der Waals surface area (Å²) in [4.78, 5) is 0. The molecule has 1 aliphatic rings. The van der Waals surface area contributed by atoms with E-state index in [0.29, 0.717) is 5.92 Å². The Morgan fingerprint density at radius 2 is 2.23 bits per heavy atom. The standard InChI is InChI=1S/C15H17N5OS/c21-12-2-1-10(7-12)8-16-13-3-4-14-17-18-15(20(14)19-13)11-5-6-22-9-11/h3-6,9-10,12,21H,1-2,7-8H2,(H,16,19)/t10-,12-/m1/s1. The van der Waals surface area contributed by atoms with Crippen molar-refractivity contribution in [1.82, 2.24) is 19.8 Å². The molecule has 4 rings (SSSR count). The van der Waals surface area contributed by atoms with Gasteiger partial charge in [0.15, 0.2) is 11.5 Å². The van der Waals surface area contributed by atoms with Crippen molar-refractivity contribution in [3.8, 4) is 11.4 Å². The van der Waals surface area contributed by atoms with Gasteiger partial charge < -0.3 is 10.4 Å². The number of nitrogens with zero attached hydrogens (tertiary/aromatic N) is 4. The molecule has 1 aliphatic carbocycles. The molecule has 3 heterocycles. The summed E-state index contributed by atoms with van der Waals surface area (Å²) in [5.74, 6) is 2.09. The molecule has 114 valence electrons. The molecule has 2 N–H and O–H groups in total. The molecule has 3 aromatic rings. The van der Waals surface area contributed by atoms with Crippen LogP contribution in [0.1, 0.15) is 19.3 Å². The highest BCUT2D eigenvalue weighted by Crippen LogP contribution is 2.26. The molecule has 1 saturated carbocycles. The highest BCUT2D eigenvalue weighted by molar-refractivity contribution is 7.08. The lowest BCUT2D eigenvalue weighted by molar-refractivity contribution is 0.178. The van der Waals surface area contributed by atoms with E-state index in [1.54, 1.807) is 15.9 Å². The zero-order valence-corrected chi connectivity index (χ0v) is 12.8. The number of anilines is 1. The first kappa shape index (κ1) is 13.7. The summed E-state index contributed by atoms with van der Waals surface area (Å²) in [6, 6.07) is 5.86. The van der Waals surface area contributed by atoms with E-state index in [2.05, 4.69) is 20.6 Å². The monoisotopic (exact) mass is 315 g/mol. The fraction of sp³-hybridized carbons (Fsp3) is 0.400. The van der Waals surface area contributed by atoms with Crippen LogP contribution in [0.25, 0.3) is 17.0 Å².